The second kappa shape index (κ2) is 7.27. The predicted octanol–water partition coefficient (Wildman–Crippen LogP) is 4.62. The first-order valence-electron chi connectivity index (χ1n) is 7.18. The number of nitrogens with zero attached hydrogens (tertiary/aromatic N) is 2. The molecule has 0 aliphatic carbocycles. The van der Waals surface area contributed by atoms with Crippen LogP contribution < -0.4 is 10.1 Å². The van der Waals surface area contributed by atoms with Crippen molar-refractivity contribution >= 4 is 17.4 Å². The molecule has 21 heavy (non-hydrogen) atoms. The lowest BCUT2D eigenvalue weighted by Crippen LogP contribution is -2.05. The van der Waals surface area contributed by atoms with Gasteiger partial charge in [-0.05, 0) is 37.1 Å². The molecule has 0 spiro atoms. The Morgan fingerprint density at radius 2 is 2.00 bits per heavy atom. The van der Waals surface area contributed by atoms with Crippen molar-refractivity contribution in [2.45, 2.75) is 33.6 Å². The molecular formula is C16H20ClN3O. The highest BCUT2D eigenvalue weighted by atomic mass is 35.5. The van der Waals surface area contributed by atoms with Gasteiger partial charge in [-0.25, -0.2) is 4.98 Å². The van der Waals surface area contributed by atoms with Gasteiger partial charge in [0.05, 0.1) is 0 Å². The number of ether oxygens (including phenoxy) is 1. The van der Waals surface area contributed by atoms with Gasteiger partial charge in [0.15, 0.2) is 0 Å². The average Bonchev–Trinajstić information content (AvgIpc) is 2.48. The number of hydrogen-bond donors (Lipinski definition) is 1. The van der Waals surface area contributed by atoms with Gasteiger partial charge in [-0.15, -0.1) is 0 Å². The first kappa shape index (κ1) is 15.6. The van der Waals surface area contributed by atoms with Crippen molar-refractivity contribution in [1.29, 1.82) is 0 Å². The summed E-state index contributed by atoms with van der Waals surface area (Å²) in [6.07, 6.45) is 1.80. The van der Waals surface area contributed by atoms with E-state index < -0.39 is 0 Å². The third kappa shape index (κ3) is 4.33. The van der Waals surface area contributed by atoms with Crippen LogP contribution >= 0.6 is 11.6 Å². The summed E-state index contributed by atoms with van der Waals surface area (Å²) in [6, 6.07) is 7.35. The molecule has 0 fully saturated rings. The maximum absolute atomic E-state index is 5.96. The molecule has 4 nitrogen and oxygen atoms in total. The van der Waals surface area contributed by atoms with Crippen LogP contribution in [0.15, 0.2) is 24.3 Å². The van der Waals surface area contributed by atoms with Gasteiger partial charge < -0.3 is 10.1 Å². The molecule has 0 aliphatic rings. The Morgan fingerprint density at radius 3 is 2.67 bits per heavy atom. The molecule has 0 radical (unpaired) electrons. The largest absolute Gasteiger partial charge is 0.439 e. The van der Waals surface area contributed by atoms with Gasteiger partial charge in [-0.1, -0.05) is 25.4 Å². The minimum absolute atomic E-state index is 0.547. The highest BCUT2D eigenvalue weighted by Gasteiger charge is 2.07. The summed E-state index contributed by atoms with van der Waals surface area (Å²) < 4.78 is 5.88. The van der Waals surface area contributed by atoms with E-state index in [1.165, 1.54) is 0 Å². The van der Waals surface area contributed by atoms with Gasteiger partial charge >= 0.3 is 0 Å². The van der Waals surface area contributed by atoms with Crippen molar-refractivity contribution in [2.75, 3.05) is 11.9 Å². The second-order valence-electron chi connectivity index (χ2n) is 4.80. The molecule has 2 rings (SSSR count). The number of nitrogens with one attached hydrogen (secondary N) is 1. The molecule has 0 saturated carbocycles. The van der Waals surface area contributed by atoms with E-state index in [9.17, 15) is 0 Å². The van der Waals surface area contributed by atoms with Crippen LogP contribution in [-0.4, -0.2) is 16.5 Å². The molecule has 1 heterocycles. The van der Waals surface area contributed by atoms with Crippen molar-refractivity contribution in [1.82, 2.24) is 9.97 Å². The van der Waals surface area contributed by atoms with Crippen molar-refractivity contribution in [2.24, 2.45) is 0 Å². The Labute approximate surface area is 130 Å². The molecule has 0 aliphatic heterocycles. The number of anilines is 1. The van der Waals surface area contributed by atoms with Crippen molar-refractivity contribution < 1.29 is 4.74 Å². The first-order valence-corrected chi connectivity index (χ1v) is 7.56. The number of halogens is 1. The monoisotopic (exact) mass is 305 g/mol. The fourth-order valence-electron chi connectivity index (χ4n) is 1.87. The van der Waals surface area contributed by atoms with Crippen molar-refractivity contribution in [3.05, 3.63) is 40.7 Å². The molecule has 1 aromatic heterocycles. The van der Waals surface area contributed by atoms with Crippen LogP contribution in [-0.2, 0) is 6.42 Å². The van der Waals surface area contributed by atoms with Gasteiger partial charge in [0.25, 0.3) is 0 Å². The van der Waals surface area contributed by atoms with E-state index in [1.807, 2.05) is 38.1 Å². The normalized spacial score (nSPS) is 10.5. The average molecular weight is 306 g/mol. The van der Waals surface area contributed by atoms with Crippen molar-refractivity contribution in [3.8, 4) is 11.6 Å². The molecule has 1 N–H and O–H groups in total. The molecule has 1 aromatic carbocycles. The van der Waals surface area contributed by atoms with Crippen LogP contribution in [0, 0.1) is 6.92 Å². The van der Waals surface area contributed by atoms with E-state index in [1.54, 1.807) is 0 Å². The summed E-state index contributed by atoms with van der Waals surface area (Å²) in [5, 5.41) is 3.96. The molecule has 0 amide bonds. The number of hydrogen-bond acceptors (Lipinski definition) is 4. The van der Waals surface area contributed by atoms with E-state index in [-0.39, 0.29) is 0 Å². The van der Waals surface area contributed by atoms with E-state index in [0.29, 0.717) is 10.9 Å². The number of benzene rings is 1. The quantitative estimate of drug-likeness (QED) is 0.846. The van der Waals surface area contributed by atoms with Gasteiger partial charge in [0.1, 0.15) is 17.4 Å². The minimum Gasteiger partial charge on any atom is -0.439 e. The van der Waals surface area contributed by atoms with Crippen molar-refractivity contribution in [3.63, 3.8) is 0 Å². The van der Waals surface area contributed by atoms with Gasteiger partial charge in [0, 0.05) is 24.1 Å². The SMILES string of the molecule is CCCNc1cc(Oc2ccc(Cl)cc2C)nc(CC)n1. The molecule has 5 heteroatoms. The summed E-state index contributed by atoms with van der Waals surface area (Å²) >= 11 is 5.96. The lowest BCUT2D eigenvalue weighted by atomic mass is 10.2. The molecule has 0 bridgehead atoms. The van der Waals surface area contributed by atoms with Gasteiger partial charge in [0.2, 0.25) is 5.88 Å². The smallest absolute Gasteiger partial charge is 0.224 e. The molecular weight excluding hydrogens is 286 g/mol. The third-order valence-corrected chi connectivity index (χ3v) is 3.21. The fourth-order valence-corrected chi connectivity index (χ4v) is 2.09. The Kier molecular flexibility index (Phi) is 5.39. The summed E-state index contributed by atoms with van der Waals surface area (Å²) in [5.74, 6) is 2.86. The molecule has 112 valence electrons. The van der Waals surface area contributed by atoms with Crippen LogP contribution in [0.3, 0.4) is 0 Å². The summed E-state index contributed by atoms with van der Waals surface area (Å²) in [5.41, 5.74) is 0.974. The van der Waals surface area contributed by atoms with Crippen LogP contribution in [0.25, 0.3) is 0 Å². The Bertz CT molecular complexity index is 616. The van der Waals surface area contributed by atoms with Crippen LogP contribution in [0.1, 0.15) is 31.7 Å². The summed E-state index contributed by atoms with van der Waals surface area (Å²) in [4.78, 5) is 8.86. The Morgan fingerprint density at radius 1 is 1.19 bits per heavy atom. The van der Waals surface area contributed by atoms with Crippen LogP contribution in [0.2, 0.25) is 5.02 Å². The Hall–Kier alpha value is -1.81. The topological polar surface area (TPSA) is 47.0 Å². The van der Waals surface area contributed by atoms with Gasteiger partial charge in [-0.3, -0.25) is 0 Å². The van der Waals surface area contributed by atoms with Crippen LogP contribution in [0.5, 0.6) is 11.6 Å². The lowest BCUT2D eigenvalue weighted by molar-refractivity contribution is 0.456. The predicted molar refractivity (Wildman–Crippen MR) is 86.5 cm³/mol. The zero-order valence-electron chi connectivity index (χ0n) is 12.6. The summed E-state index contributed by atoms with van der Waals surface area (Å²) in [7, 11) is 0. The highest BCUT2D eigenvalue weighted by Crippen LogP contribution is 2.27. The van der Waals surface area contributed by atoms with Crippen LogP contribution in [0.4, 0.5) is 5.82 Å². The second-order valence-corrected chi connectivity index (χ2v) is 5.24. The maximum atomic E-state index is 5.96. The number of aryl methyl sites for hydroxylation is 2. The first-order chi connectivity index (χ1) is 10.1. The summed E-state index contributed by atoms with van der Waals surface area (Å²) in [6.45, 7) is 6.97. The highest BCUT2D eigenvalue weighted by molar-refractivity contribution is 6.30. The molecule has 0 unspecified atom stereocenters. The van der Waals surface area contributed by atoms with E-state index in [0.717, 1.165) is 42.3 Å². The standard InChI is InChI=1S/C16H20ClN3O/c1-4-8-18-15-10-16(20-14(5-2)19-15)21-13-7-6-12(17)9-11(13)3/h6-7,9-10H,4-5,8H2,1-3H3,(H,18,19,20). The molecule has 0 saturated heterocycles. The van der Waals surface area contributed by atoms with E-state index in [4.69, 9.17) is 16.3 Å². The lowest BCUT2D eigenvalue weighted by Gasteiger charge is -2.11. The van der Waals surface area contributed by atoms with E-state index in [2.05, 4.69) is 22.2 Å². The van der Waals surface area contributed by atoms with Gasteiger partial charge in [-0.2, -0.15) is 4.98 Å². The van der Waals surface area contributed by atoms with E-state index >= 15 is 0 Å². The number of aromatic nitrogens is 2. The molecule has 2 aromatic rings. The zero-order chi connectivity index (χ0) is 15.2. The Balaban J connectivity index is 2.25. The number of rotatable bonds is 6. The third-order valence-electron chi connectivity index (χ3n) is 2.97. The minimum atomic E-state index is 0.547. The molecule has 0 atom stereocenters. The zero-order valence-corrected chi connectivity index (χ0v) is 13.4. The fraction of sp³-hybridized carbons (Fsp3) is 0.375. The maximum Gasteiger partial charge on any atom is 0.224 e.